The Kier molecular flexibility index (Phi) is 3.93. The number of para-hydroxylation sites is 1. The van der Waals surface area contributed by atoms with Crippen LogP contribution in [-0.4, -0.2) is 29.8 Å². The first-order chi connectivity index (χ1) is 12.1. The number of nitrogens with zero attached hydrogens (tertiary/aromatic N) is 2. The minimum Gasteiger partial charge on any atom is -0.454 e. The Hall–Kier alpha value is -2.80. The van der Waals surface area contributed by atoms with E-state index < -0.39 is 5.82 Å². The number of halogens is 1. The molecule has 0 aromatic heterocycles. The van der Waals surface area contributed by atoms with Crippen LogP contribution in [0.1, 0.15) is 5.56 Å². The van der Waals surface area contributed by atoms with Gasteiger partial charge in [-0.15, -0.1) is 0 Å². The predicted octanol–water partition coefficient (Wildman–Crippen LogP) is 3.79. The third kappa shape index (κ3) is 2.98. The number of carbonyl (C=O) groups excluding carboxylic acids is 1. The Morgan fingerprint density at radius 1 is 1.20 bits per heavy atom. The van der Waals surface area contributed by atoms with E-state index in [4.69, 9.17) is 9.47 Å². The van der Waals surface area contributed by atoms with Crippen molar-refractivity contribution in [2.24, 2.45) is 4.99 Å². The van der Waals surface area contributed by atoms with Crippen molar-refractivity contribution >= 4 is 34.6 Å². The van der Waals surface area contributed by atoms with Gasteiger partial charge >= 0.3 is 0 Å². The van der Waals surface area contributed by atoms with Gasteiger partial charge in [0.2, 0.25) is 6.79 Å². The van der Waals surface area contributed by atoms with Crippen molar-refractivity contribution in [2.75, 3.05) is 13.8 Å². The summed E-state index contributed by atoms with van der Waals surface area (Å²) in [5.74, 6) is 0.729. The monoisotopic (exact) mass is 356 g/mol. The molecule has 1 amide bonds. The fraction of sp³-hybridized carbons (Fsp3) is 0.111. The number of hydrogen-bond acceptors (Lipinski definition) is 5. The van der Waals surface area contributed by atoms with Crippen LogP contribution in [-0.2, 0) is 4.79 Å². The molecule has 0 spiro atoms. The second kappa shape index (κ2) is 6.25. The number of hydrogen-bond donors (Lipinski definition) is 0. The molecular weight excluding hydrogens is 343 g/mol. The third-order valence-electron chi connectivity index (χ3n) is 3.77. The summed E-state index contributed by atoms with van der Waals surface area (Å²) in [5, 5.41) is 0.432. The van der Waals surface area contributed by atoms with E-state index in [9.17, 15) is 9.18 Å². The number of aliphatic imine (C=N–C) groups is 1. The van der Waals surface area contributed by atoms with E-state index in [-0.39, 0.29) is 18.4 Å². The molecule has 1 fully saturated rings. The summed E-state index contributed by atoms with van der Waals surface area (Å²) in [6.07, 6.45) is 1.76. The molecule has 4 rings (SSSR count). The fourth-order valence-corrected chi connectivity index (χ4v) is 3.43. The van der Waals surface area contributed by atoms with Crippen molar-refractivity contribution < 1.29 is 18.7 Å². The normalized spacial score (nSPS) is 19.3. The first kappa shape index (κ1) is 15.7. The first-order valence-corrected chi connectivity index (χ1v) is 8.34. The maximum absolute atomic E-state index is 13.8. The van der Waals surface area contributed by atoms with Crippen LogP contribution in [0.3, 0.4) is 0 Å². The molecule has 0 atom stereocenters. The van der Waals surface area contributed by atoms with E-state index in [1.807, 2.05) is 12.1 Å². The molecule has 0 aliphatic carbocycles. The largest absolute Gasteiger partial charge is 0.454 e. The van der Waals surface area contributed by atoms with E-state index in [1.165, 1.54) is 22.7 Å². The molecule has 0 saturated carbocycles. The van der Waals surface area contributed by atoms with Crippen molar-refractivity contribution in [1.82, 2.24) is 4.90 Å². The second-order valence-electron chi connectivity index (χ2n) is 5.43. The van der Waals surface area contributed by atoms with Crippen LogP contribution in [0.5, 0.6) is 11.5 Å². The summed E-state index contributed by atoms with van der Waals surface area (Å²) < 4.78 is 24.4. The lowest BCUT2D eigenvalue weighted by atomic mass is 10.2. The Balaban J connectivity index is 1.64. The molecule has 0 radical (unpaired) electrons. The molecular formula is C18H13FN2O3S. The topological polar surface area (TPSA) is 51.1 Å². The number of carbonyl (C=O) groups is 1. The van der Waals surface area contributed by atoms with E-state index >= 15 is 0 Å². The van der Waals surface area contributed by atoms with Gasteiger partial charge in [0.25, 0.3) is 5.91 Å². The number of likely N-dealkylation sites (N-methyl/N-ethyl adjacent to an activating group) is 1. The standard InChI is InChI=1S/C18H13FN2O3S/c1-21-17(22)16(9-11-6-7-14-15(8-11)24-10-23-14)25-18(21)20-13-5-3-2-4-12(13)19/h2-9H,10H2,1H3/b16-9+,20-18?. The quantitative estimate of drug-likeness (QED) is 0.769. The second-order valence-corrected chi connectivity index (χ2v) is 6.44. The summed E-state index contributed by atoms with van der Waals surface area (Å²) in [5.41, 5.74) is 1.02. The lowest BCUT2D eigenvalue weighted by Gasteiger charge is -2.07. The summed E-state index contributed by atoms with van der Waals surface area (Å²) in [6, 6.07) is 11.7. The molecule has 2 aromatic carbocycles. The van der Waals surface area contributed by atoms with Crippen molar-refractivity contribution in [3.05, 3.63) is 58.8 Å². The van der Waals surface area contributed by atoms with Gasteiger partial charge in [-0.25, -0.2) is 9.38 Å². The highest BCUT2D eigenvalue weighted by molar-refractivity contribution is 8.18. The van der Waals surface area contributed by atoms with Gasteiger partial charge < -0.3 is 9.47 Å². The van der Waals surface area contributed by atoms with Crippen LogP contribution < -0.4 is 9.47 Å². The molecule has 1 saturated heterocycles. The van der Waals surface area contributed by atoms with Gasteiger partial charge in [-0.05, 0) is 47.7 Å². The molecule has 0 N–H and O–H groups in total. The number of benzene rings is 2. The number of ether oxygens (including phenoxy) is 2. The molecule has 0 bridgehead atoms. The van der Waals surface area contributed by atoms with Crippen LogP contribution in [0.15, 0.2) is 52.4 Å². The van der Waals surface area contributed by atoms with E-state index in [0.29, 0.717) is 21.6 Å². The molecule has 25 heavy (non-hydrogen) atoms. The molecule has 126 valence electrons. The van der Waals surface area contributed by atoms with Gasteiger partial charge in [-0.1, -0.05) is 18.2 Å². The number of amidine groups is 1. The number of amides is 1. The average molecular weight is 356 g/mol. The summed E-state index contributed by atoms with van der Waals surface area (Å²) >= 11 is 1.21. The van der Waals surface area contributed by atoms with Crippen molar-refractivity contribution in [3.63, 3.8) is 0 Å². The maximum atomic E-state index is 13.8. The molecule has 7 heteroatoms. The Bertz CT molecular complexity index is 926. The average Bonchev–Trinajstić information content (AvgIpc) is 3.17. The lowest BCUT2D eigenvalue weighted by molar-refractivity contribution is -0.121. The van der Waals surface area contributed by atoms with Crippen molar-refractivity contribution in [3.8, 4) is 11.5 Å². The van der Waals surface area contributed by atoms with Gasteiger partial charge in [-0.2, -0.15) is 0 Å². The minimum atomic E-state index is -0.426. The van der Waals surface area contributed by atoms with Crippen LogP contribution in [0.25, 0.3) is 6.08 Å². The SMILES string of the molecule is CN1C(=O)/C(=C\c2ccc3c(c2)OCO3)SC1=Nc1ccccc1F. The van der Waals surface area contributed by atoms with Crippen LogP contribution in [0, 0.1) is 5.82 Å². The van der Waals surface area contributed by atoms with Crippen LogP contribution in [0.2, 0.25) is 0 Å². The molecule has 0 unspecified atom stereocenters. The van der Waals surface area contributed by atoms with Gasteiger partial charge in [0.05, 0.1) is 4.91 Å². The van der Waals surface area contributed by atoms with E-state index in [0.717, 1.165) is 5.56 Å². The van der Waals surface area contributed by atoms with Gasteiger partial charge in [0.1, 0.15) is 11.5 Å². The zero-order valence-electron chi connectivity index (χ0n) is 13.2. The number of thioether (sulfide) groups is 1. The zero-order chi connectivity index (χ0) is 17.4. The predicted molar refractivity (Wildman–Crippen MR) is 94.4 cm³/mol. The smallest absolute Gasteiger partial charge is 0.266 e. The minimum absolute atomic E-state index is 0.183. The highest BCUT2D eigenvalue weighted by Gasteiger charge is 2.30. The Labute approximate surface area is 147 Å². The van der Waals surface area contributed by atoms with Crippen LogP contribution in [0.4, 0.5) is 10.1 Å². The van der Waals surface area contributed by atoms with Crippen molar-refractivity contribution in [1.29, 1.82) is 0 Å². The van der Waals surface area contributed by atoms with E-state index in [2.05, 4.69) is 4.99 Å². The van der Waals surface area contributed by atoms with Crippen molar-refractivity contribution in [2.45, 2.75) is 0 Å². The lowest BCUT2D eigenvalue weighted by Crippen LogP contribution is -2.23. The molecule has 2 aromatic rings. The molecule has 2 aliphatic heterocycles. The van der Waals surface area contributed by atoms with Gasteiger partial charge in [0, 0.05) is 7.05 Å². The van der Waals surface area contributed by atoms with E-state index in [1.54, 1.807) is 37.4 Å². The maximum Gasteiger partial charge on any atom is 0.266 e. The molecule has 2 heterocycles. The highest BCUT2D eigenvalue weighted by atomic mass is 32.2. The van der Waals surface area contributed by atoms with Crippen LogP contribution >= 0.6 is 11.8 Å². The molecule has 2 aliphatic rings. The first-order valence-electron chi connectivity index (χ1n) is 7.52. The van der Waals surface area contributed by atoms with Gasteiger partial charge in [-0.3, -0.25) is 9.69 Å². The zero-order valence-corrected chi connectivity index (χ0v) is 14.0. The molecule has 5 nitrogen and oxygen atoms in total. The summed E-state index contributed by atoms with van der Waals surface area (Å²) in [6.45, 7) is 0.200. The third-order valence-corrected chi connectivity index (χ3v) is 4.83. The highest BCUT2D eigenvalue weighted by Crippen LogP contribution is 2.36. The summed E-state index contributed by atoms with van der Waals surface area (Å²) in [4.78, 5) is 18.6. The fourth-order valence-electron chi connectivity index (χ4n) is 2.45. The number of fused-ring (bicyclic) bond motifs is 1. The van der Waals surface area contributed by atoms with Gasteiger partial charge in [0.15, 0.2) is 16.7 Å². The Morgan fingerprint density at radius 2 is 2.00 bits per heavy atom. The number of rotatable bonds is 2. The Morgan fingerprint density at radius 3 is 2.84 bits per heavy atom. The summed E-state index contributed by atoms with van der Waals surface area (Å²) in [7, 11) is 1.62.